The van der Waals surface area contributed by atoms with Gasteiger partial charge in [-0.15, -0.1) is 0 Å². The third kappa shape index (κ3) is 1.63. The Morgan fingerprint density at radius 3 is 3.12 bits per heavy atom. The third-order valence-electron chi connectivity index (χ3n) is 2.73. The summed E-state index contributed by atoms with van der Waals surface area (Å²) in [5, 5.41) is 0. The summed E-state index contributed by atoms with van der Waals surface area (Å²) in [5.74, 6) is 0.164. The van der Waals surface area contributed by atoms with E-state index in [1.807, 2.05) is 0 Å². The number of rotatable bonds is 1. The first-order chi connectivity index (χ1) is 8.24. The predicted molar refractivity (Wildman–Crippen MR) is 58.7 cm³/mol. The molecule has 1 aliphatic rings. The molecule has 1 aliphatic heterocycles. The third-order valence-corrected chi connectivity index (χ3v) is 2.73. The van der Waals surface area contributed by atoms with E-state index in [0.29, 0.717) is 18.7 Å². The Morgan fingerprint density at radius 1 is 1.47 bits per heavy atom. The average Bonchev–Trinajstić information content (AvgIpc) is 2.96. The molecule has 6 heteroatoms. The fourth-order valence-electron chi connectivity index (χ4n) is 1.88. The van der Waals surface area contributed by atoms with Crippen molar-refractivity contribution < 1.29 is 9.21 Å². The van der Waals surface area contributed by atoms with Gasteiger partial charge in [0.05, 0.1) is 24.1 Å². The molecule has 2 aromatic heterocycles. The number of amides is 1. The van der Waals surface area contributed by atoms with Crippen molar-refractivity contribution in [1.82, 2.24) is 14.9 Å². The molecular weight excluding hydrogens is 220 g/mol. The second kappa shape index (κ2) is 3.58. The Kier molecular flexibility index (Phi) is 2.07. The standard InChI is InChI=1S/C11H10N4O2/c12-11-13-3-8-4-15(5-9(8)14-11)10(16)7-1-2-17-6-7/h1-3,6H,4-5H2,(H2,12,13,14). The van der Waals surface area contributed by atoms with Crippen molar-refractivity contribution in [2.75, 3.05) is 5.73 Å². The van der Waals surface area contributed by atoms with Crippen molar-refractivity contribution in [3.63, 3.8) is 0 Å². The van der Waals surface area contributed by atoms with Crippen LogP contribution in [0.4, 0.5) is 5.95 Å². The average molecular weight is 230 g/mol. The zero-order valence-electron chi connectivity index (χ0n) is 8.96. The lowest BCUT2D eigenvalue weighted by molar-refractivity contribution is 0.0749. The van der Waals surface area contributed by atoms with Gasteiger partial charge in [-0.05, 0) is 6.07 Å². The Balaban J connectivity index is 1.85. The Labute approximate surface area is 97.1 Å². The topological polar surface area (TPSA) is 85.2 Å². The van der Waals surface area contributed by atoms with Gasteiger partial charge < -0.3 is 15.1 Å². The van der Waals surface area contributed by atoms with Crippen LogP contribution in [0.3, 0.4) is 0 Å². The quantitative estimate of drug-likeness (QED) is 0.783. The number of hydrogen-bond donors (Lipinski definition) is 1. The predicted octanol–water partition coefficient (Wildman–Crippen LogP) is 0.808. The highest BCUT2D eigenvalue weighted by molar-refractivity contribution is 5.94. The number of carbonyl (C=O) groups excluding carboxylic acids is 1. The summed E-state index contributed by atoms with van der Waals surface area (Å²) < 4.78 is 4.90. The number of nitrogens with two attached hydrogens (primary N) is 1. The molecule has 0 saturated heterocycles. The molecule has 0 spiro atoms. The van der Waals surface area contributed by atoms with Gasteiger partial charge in [0, 0.05) is 18.3 Å². The van der Waals surface area contributed by atoms with E-state index in [2.05, 4.69) is 9.97 Å². The normalized spacial score (nSPS) is 13.8. The van der Waals surface area contributed by atoms with Crippen LogP contribution >= 0.6 is 0 Å². The zero-order chi connectivity index (χ0) is 11.8. The van der Waals surface area contributed by atoms with Crippen LogP contribution in [0.25, 0.3) is 0 Å². The van der Waals surface area contributed by atoms with Gasteiger partial charge in [0.1, 0.15) is 6.26 Å². The maximum absolute atomic E-state index is 12.0. The fourth-order valence-corrected chi connectivity index (χ4v) is 1.88. The molecule has 1 amide bonds. The second-order valence-electron chi connectivity index (χ2n) is 3.87. The van der Waals surface area contributed by atoms with Crippen molar-refractivity contribution in [3.05, 3.63) is 41.6 Å². The first-order valence-electron chi connectivity index (χ1n) is 5.16. The maximum atomic E-state index is 12.0. The monoisotopic (exact) mass is 230 g/mol. The molecule has 0 fully saturated rings. The zero-order valence-corrected chi connectivity index (χ0v) is 8.96. The highest BCUT2D eigenvalue weighted by Gasteiger charge is 2.26. The number of nitrogen functional groups attached to an aromatic ring is 1. The van der Waals surface area contributed by atoms with Crippen molar-refractivity contribution in [2.24, 2.45) is 0 Å². The molecular formula is C11H10N4O2. The number of furan rings is 1. The van der Waals surface area contributed by atoms with Gasteiger partial charge in [-0.2, -0.15) is 0 Å². The maximum Gasteiger partial charge on any atom is 0.257 e. The molecule has 0 bridgehead atoms. The molecule has 0 aliphatic carbocycles. The summed E-state index contributed by atoms with van der Waals surface area (Å²) in [6.07, 6.45) is 4.58. The van der Waals surface area contributed by atoms with Gasteiger partial charge in [-0.1, -0.05) is 0 Å². The van der Waals surface area contributed by atoms with Crippen LogP contribution in [0.5, 0.6) is 0 Å². The number of hydrogen-bond acceptors (Lipinski definition) is 5. The van der Waals surface area contributed by atoms with Crippen LogP contribution < -0.4 is 5.73 Å². The first kappa shape index (κ1) is 9.83. The van der Waals surface area contributed by atoms with E-state index in [4.69, 9.17) is 10.2 Å². The molecule has 86 valence electrons. The van der Waals surface area contributed by atoms with E-state index in [-0.39, 0.29) is 11.9 Å². The summed E-state index contributed by atoms with van der Waals surface area (Å²) in [6, 6.07) is 1.64. The molecule has 6 nitrogen and oxygen atoms in total. The number of carbonyl (C=O) groups is 1. The van der Waals surface area contributed by atoms with Gasteiger partial charge in [0.25, 0.3) is 5.91 Å². The molecule has 0 saturated carbocycles. The molecule has 0 atom stereocenters. The molecule has 0 unspecified atom stereocenters. The Morgan fingerprint density at radius 2 is 2.35 bits per heavy atom. The first-order valence-corrected chi connectivity index (χ1v) is 5.16. The van der Waals surface area contributed by atoms with Crippen LogP contribution in [0, 0.1) is 0 Å². The van der Waals surface area contributed by atoms with Gasteiger partial charge in [0.15, 0.2) is 0 Å². The summed E-state index contributed by atoms with van der Waals surface area (Å²) in [4.78, 5) is 21.8. The van der Waals surface area contributed by atoms with Gasteiger partial charge in [0.2, 0.25) is 5.95 Å². The van der Waals surface area contributed by atoms with E-state index in [1.54, 1.807) is 17.2 Å². The van der Waals surface area contributed by atoms with E-state index in [1.165, 1.54) is 12.5 Å². The minimum absolute atomic E-state index is 0.0738. The largest absolute Gasteiger partial charge is 0.472 e. The summed E-state index contributed by atoms with van der Waals surface area (Å²) in [6.45, 7) is 0.978. The SMILES string of the molecule is Nc1ncc2c(n1)CN(C(=O)c1ccoc1)C2. The van der Waals surface area contributed by atoms with Gasteiger partial charge in [-0.25, -0.2) is 9.97 Å². The summed E-state index contributed by atoms with van der Waals surface area (Å²) in [7, 11) is 0. The van der Waals surface area contributed by atoms with E-state index < -0.39 is 0 Å². The molecule has 3 heterocycles. The lowest BCUT2D eigenvalue weighted by Gasteiger charge is -2.13. The van der Waals surface area contributed by atoms with Crippen LogP contribution in [-0.4, -0.2) is 20.8 Å². The van der Waals surface area contributed by atoms with Crippen molar-refractivity contribution in [1.29, 1.82) is 0 Å². The second-order valence-corrected chi connectivity index (χ2v) is 3.87. The van der Waals surface area contributed by atoms with Gasteiger partial charge >= 0.3 is 0 Å². The number of fused-ring (bicyclic) bond motifs is 1. The molecule has 3 rings (SSSR count). The molecule has 2 N–H and O–H groups in total. The highest BCUT2D eigenvalue weighted by Crippen LogP contribution is 2.22. The molecule has 17 heavy (non-hydrogen) atoms. The molecule has 0 radical (unpaired) electrons. The van der Waals surface area contributed by atoms with E-state index >= 15 is 0 Å². The summed E-state index contributed by atoms with van der Waals surface area (Å²) >= 11 is 0. The van der Waals surface area contributed by atoms with Gasteiger partial charge in [-0.3, -0.25) is 4.79 Å². The van der Waals surface area contributed by atoms with Crippen LogP contribution in [-0.2, 0) is 13.1 Å². The highest BCUT2D eigenvalue weighted by atomic mass is 16.3. The van der Waals surface area contributed by atoms with Crippen molar-refractivity contribution in [3.8, 4) is 0 Å². The Bertz CT molecular complexity index is 565. The van der Waals surface area contributed by atoms with E-state index in [0.717, 1.165) is 11.3 Å². The lowest BCUT2D eigenvalue weighted by Crippen LogP contribution is -2.24. The Hall–Kier alpha value is -2.37. The van der Waals surface area contributed by atoms with Crippen LogP contribution in [0.2, 0.25) is 0 Å². The number of anilines is 1. The minimum Gasteiger partial charge on any atom is -0.472 e. The minimum atomic E-state index is -0.0738. The fraction of sp³-hybridized carbons (Fsp3) is 0.182. The number of nitrogens with zero attached hydrogens (tertiary/aromatic N) is 3. The lowest BCUT2D eigenvalue weighted by atomic mass is 10.3. The molecule has 2 aromatic rings. The molecule has 0 aromatic carbocycles. The summed E-state index contributed by atoms with van der Waals surface area (Å²) in [5.41, 5.74) is 7.80. The van der Waals surface area contributed by atoms with Crippen molar-refractivity contribution in [2.45, 2.75) is 13.1 Å². The van der Waals surface area contributed by atoms with Crippen molar-refractivity contribution >= 4 is 11.9 Å². The smallest absolute Gasteiger partial charge is 0.257 e. The van der Waals surface area contributed by atoms with E-state index in [9.17, 15) is 4.79 Å². The van der Waals surface area contributed by atoms with Crippen LogP contribution in [0.1, 0.15) is 21.6 Å². The number of aromatic nitrogens is 2. The van der Waals surface area contributed by atoms with Crippen LogP contribution in [0.15, 0.2) is 29.2 Å².